The maximum Gasteiger partial charge on any atom is 0.186 e. The summed E-state index contributed by atoms with van der Waals surface area (Å²) < 4.78 is 7.27. The van der Waals surface area contributed by atoms with Gasteiger partial charge in [-0.1, -0.05) is 12.1 Å². The lowest BCUT2D eigenvalue weighted by Gasteiger charge is -2.09. The summed E-state index contributed by atoms with van der Waals surface area (Å²) in [5.41, 5.74) is 2.76. The van der Waals surface area contributed by atoms with Gasteiger partial charge in [-0.05, 0) is 49.8 Å². The number of hydrogen-bond donors (Lipinski definition) is 0. The first-order valence-corrected chi connectivity index (χ1v) is 8.82. The maximum absolute atomic E-state index is 12.4. The van der Waals surface area contributed by atoms with Crippen molar-refractivity contribution in [1.29, 1.82) is 0 Å². The number of carbonyl (C=O) groups excluding carboxylic acids is 1. The van der Waals surface area contributed by atoms with Crippen LogP contribution in [0.2, 0.25) is 0 Å². The lowest BCUT2D eigenvalue weighted by atomic mass is 10.1. The second-order valence-electron chi connectivity index (χ2n) is 5.80. The zero-order valence-electron chi connectivity index (χ0n) is 14.5. The Kier molecular flexibility index (Phi) is 5.14. The Hall–Kier alpha value is -2.66. The highest BCUT2D eigenvalue weighted by Gasteiger charge is 2.09. The van der Waals surface area contributed by atoms with Crippen LogP contribution in [0.5, 0.6) is 5.75 Å². The van der Waals surface area contributed by atoms with Gasteiger partial charge in [0.05, 0.1) is 13.7 Å². The molecule has 0 atom stereocenters. The van der Waals surface area contributed by atoms with E-state index in [0.29, 0.717) is 6.54 Å². The van der Waals surface area contributed by atoms with Crippen LogP contribution >= 0.6 is 11.3 Å². The van der Waals surface area contributed by atoms with Gasteiger partial charge in [0.2, 0.25) is 0 Å². The molecular formula is C20H20N2O2S. The summed E-state index contributed by atoms with van der Waals surface area (Å²) in [5, 5.41) is 4.23. The lowest BCUT2D eigenvalue weighted by Crippen LogP contribution is -2.02. The van der Waals surface area contributed by atoms with Crippen LogP contribution in [0, 0.1) is 13.8 Å². The molecule has 3 aromatic rings. The van der Waals surface area contributed by atoms with Crippen molar-refractivity contribution in [3.8, 4) is 5.75 Å². The van der Waals surface area contributed by atoms with E-state index in [-0.39, 0.29) is 5.78 Å². The van der Waals surface area contributed by atoms with E-state index < -0.39 is 0 Å². The summed E-state index contributed by atoms with van der Waals surface area (Å²) in [7, 11) is 1.66. The Morgan fingerprint density at radius 1 is 1.32 bits per heavy atom. The minimum atomic E-state index is 0.0336. The van der Waals surface area contributed by atoms with E-state index >= 15 is 0 Å². The van der Waals surface area contributed by atoms with Crippen LogP contribution < -0.4 is 4.74 Å². The quantitative estimate of drug-likeness (QED) is 0.484. The van der Waals surface area contributed by atoms with Crippen molar-refractivity contribution in [3.63, 3.8) is 0 Å². The smallest absolute Gasteiger partial charge is 0.186 e. The molecule has 3 rings (SSSR count). The number of rotatable bonds is 6. The summed E-state index contributed by atoms with van der Waals surface area (Å²) in [6.07, 6.45) is 7.14. The number of allylic oxidation sites excluding steroid dienone is 1. The monoisotopic (exact) mass is 352 g/mol. The van der Waals surface area contributed by atoms with Gasteiger partial charge in [0.15, 0.2) is 5.78 Å². The van der Waals surface area contributed by atoms with Crippen molar-refractivity contribution in [2.24, 2.45) is 0 Å². The predicted octanol–water partition coefficient (Wildman–Crippen LogP) is 4.51. The fourth-order valence-electron chi connectivity index (χ4n) is 2.73. The molecule has 0 saturated heterocycles. The molecule has 0 fully saturated rings. The van der Waals surface area contributed by atoms with Gasteiger partial charge in [-0.3, -0.25) is 9.48 Å². The van der Waals surface area contributed by atoms with Crippen molar-refractivity contribution in [2.75, 3.05) is 7.11 Å². The van der Waals surface area contributed by atoms with Crippen LogP contribution in [0.4, 0.5) is 0 Å². The molecular weight excluding hydrogens is 332 g/mol. The Morgan fingerprint density at radius 3 is 2.80 bits per heavy atom. The van der Waals surface area contributed by atoms with Crippen molar-refractivity contribution >= 4 is 23.2 Å². The zero-order chi connectivity index (χ0) is 17.8. The number of thiophene rings is 1. The van der Waals surface area contributed by atoms with Gasteiger partial charge in [0, 0.05) is 33.3 Å². The summed E-state index contributed by atoms with van der Waals surface area (Å²) in [6, 6.07) is 9.73. The average Bonchev–Trinajstić information content (AvgIpc) is 3.22. The number of ketones is 1. The van der Waals surface area contributed by atoms with E-state index in [1.165, 1.54) is 0 Å². The Bertz CT molecular complexity index is 908. The van der Waals surface area contributed by atoms with Crippen LogP contribution in [0.25, 0.3) is 6.08 Å². The van der Waals surface area contributed by atoms with Gasteiger partial charge in [0.25, 0.3) is 0 Å². The molecule has 1 aromatic carbocycles. The number of methoxy groups -OCH3 is 1. The molecule has 0 spiro atoms. The molecule has 0 saturated carbocycles. The first kappa shape index (κ1) is 17.2. The van der Waals surface area contributed by atoms with Crippen LogP contribution in [0.3, 0.4) is 0 Å². The largest absolute Gasteiger partial charge is 0.496 e. The van der Waals surface area contributed by atoms with Crippen LogP contribution in [-0.2, 0) is 6.54 Å². The van der Waals surface area contributed by atoms with Gasteiger partial charge in [0.1, 0.15) is 5.75 Å². The highest BCUT2D eigenvalue weighted by atomic mass is 32.1. The second-order valence-corrected chi connectivity index (χ2v) is 7.26. The highest BCUT2D eigenvalue weighted by molar-refractivity contribution is 7.12. The van der Waals surface area contributed by atoms with Gasteiger partial charge >= 0.3 is 0 Å². The Morgan fingerprint density at radius 2 is 2.16 bits per heavy atom. The number of nitrogens with zero attached hydrogens (tertiary/aromatic N) is 2. The normalized spacial score (nSPS) is 11.2. The van der Waals surface area contributed by atoms with E-state index in [1.54, 1.807) is 30.7 Å². The Balaban J connectivity index is 1.82. The van der Waals surface area contributed by atoms with E-state index in [9.17, 15) is 4.79 Å². The van der Waals surface area contributed by atoms with Crippen molar-refractivity contribution in [1.82, 2.24) is 9.78 Å². The fourth-order valence-corrected chi connectivity index (χ4v) is 3.66. The SMILES string of the molecule is COc1ccc(/C=C/C(=O)c2cc(C)sc2C)cc1Cn1cccn1. The molecule has 0 unspecified atom stereocenters. The van der Waals surface area contributed by atoms with Gasteiger partial charge in [-0.2, -0.15) is 5.10 Å². The molecule has 0 radical (unpaired) electrons. The highest BCUT2D eigenvalue weighted by Crippen LogP contribution is 2.23. The molecule has 0 aliphatic heterocycles. The van der Waals surface area contributed by atoms with Crippen molar-refractivity contribution in [2.45, 2.75) is 20.4 Å². The van der Waals surface area contributed by atoms with Crippen LogP contribution in [0.1, 0.15) is 31.2 Å². The summed E-state index contributed by atoms with van der Waals surface area (Å²) >= 11 is 1.65. The minimum Gasteiger partial charge on any atom is -0.496 e. The number of aryl methyl sites for hydroxylation is 2. The number of aromatic nitrogens is 2. The molecule has 0 amide bonds. The first-order chi connectivity index (χ1) is 12.1. The minimum absolute atomic E-state index is 0.0336. The molecule has 0 N–H and O–H groups in total. The predicted molar refractivity (Wildman–Crippen MR) is 101 cm³/mol. The van der Waals surface area contributed by atoms with Gasteiger partial charge < -0.3 is 4.74 Å². The summed E-state index contributed by atoms with van der Waals surface area (Å²) in [6.45, 7) is 4.62. The third-order valence-electron chi connectivity index (χ3n) is 3.93. The van der Waals surface area contributed by atoms with Crippen LogP contribution in [0.15, 0.2) is 48.8 Å². The number of carbonyl (C=O) groups is 1. The molecule has 0 bridgehead atoms. The number of benzene rings is 1. The maximum atomic E-state index is 12.4. The van der Waals surface area contributed by atoms with Crippen LogP contribution in [-0.4, -0.2) is 22.7 Å². The zero-order valence-corrected chi connectivity index (χ0v) is 15.3. The second kappa shape index (κ2) is 7.49. The van der Waals surface area contributed by atoms with E-state index in [0.717, 1.165) is 32.2 Å². The third kappa shape index (κ3) is 4.06. The average molecular weight is 352 g/mol. The first-order valence-electron chi connectivity index (χ1n) is 8.00. The van der Waals surface area contributed by atoms with E-state index in [2.05, 4.69) is 5.10 Å². The van der Waals surface area contributed by atoms with E-state index in [1.807, 2.05) is 61.1 Å². The van der Waals surface area contributed by atoms with Gasteiger partial charge in [-0.15, -0.1) is 11.3 Å². The third-order valence-corrected chi connectivity index (χ3v) is 4.90. The summed E-state index contributed by atoms with van der Waals surface area (Å²) in [5.74, 6) is 0.842. The Labute approximate surface area is 151 Å². The van der Waals surface area contributed by atoms with E-state index in [4.69, 9.17) is 4.74 Å². The summed E-state index contributed by atoms with van der Waals surface area (Å²) in [4.78, 5) is 14.6. The fraction of sp³-hybridized carbons (Fsp3) is 0.200. The number of ether oxygens (including phenoxy) is 1. The lowest BCUT2D eigenvalue weighted by molar-refractivity contribution is 0.104. The molecule has 0 aliphatic rings. The molecule has 5 heteroatoms. The van der Waals surface area contributed by atoms with Crippen molar-refractivity contribution < 1.29 is 9.53 Å². The molecule has 2 heterocycles. The standard InChI is InChI=1S/C20H20N2O2S/c1-14-11-18(15(2)25-14)19(23)7-5-16-6-8-20(24-3)17(12-16)13-22-10-4-9-21-22/h4-12H,13H2,1-3H3/b7-5+. The molecule has 25 heavy (non-hydrogen) atoms. The molecule has 4 nitrogen and oxygen atoms in total. The van der Waals surface area contributed by atoms with Crippen molar-refractivity contribution in [3.05, 3.63) is 75.2 Å². The van der Waals surface area contributed by atoms with Gasteiger partial charge in [-0.25, -0.2) is 0 Å². The number of hydrogen-bond acceptors (Lipinski definition) is 4. The molecule has 2 aromatic heterocycles. The molecule has 128 valence electrons. The molecule has 0 aliphatic carbocycles. The topological polar surface area (TPSA) is 44.1 Å².